The first kappa shape index (κ1) is 20.4. The molecule has 0 aliphatic carbocycles. The minimum atomic E-state index is -4.68. The van der Waals surface area contributed by atoms with E-state index in [9.17, 15) is 22.8 Å². The van der Waals surface area contributed by atoms with Gasteiger partial charge >= 0.3 is 11.8 Å². The van der Waals surface area contributed by atoms with Crippen LogP contribution in [0.1, 0.15) is 17.5 Å². The molecule has 0 aliphatic rings. The molecular formula is C21H18F3NO4. The van der Waals surface area contributed by atoms with E-state index in [1.54, 1.807) is 0 Å². The summed E-state index contributed by atoms with van der Waals surface area (Å²) in [5.41, 5.74) is -1.27. The van der Waals surface area contributed by atoms with Crippen LogP contribution in [-0.2, 0) is 17.4 Å². The zero-order valence-electron chi connectivity index (χ0n) is 15.3. The number of fused-ring (bicyclic) bond motifs is 1. The fourth-order valence-corrected chi connectivity index (χ4v) is 2.83. The van der Waals surface area contributed by atoms with Crippen molar-refractivity contribution in [2.45, 2.75) is 19.0 Å². The summed E-state index contributed by atoms with van der Waals surface area (Å²) >= 11 is 0. The van der Waals surface area contributed by atoms with Crippen LogP contribution in [-0.4, -0.2) is 19.1 Å². The maximum Gasteiger partial charge on any atom is 0.417 e. The van der Waals surface area contributed by atoms with E-state index in [2.05, 4.69) is 5.32 Å². The molecule has 0 aliphatic heterocycles. The van der Waals surface area contributed by atoms with Crippen LogP contribution in [0.3, 0.4) is 0 Å². The molecule has 29 heavy (non-hydrogen) atoms. The number of amides is 1. The lowest BCUT2D eigenvalue weighted by Crippen LogP contribution is -2.29. The lowest BCUT2D eigenvalue weighted by atomic mass is 10.1. The molecule has 0 saturated heterocycles. The van der Waals surface area contributed by atoms with Crippen molar-refractivity contribution in [2.24, 2.45) is 0 Å². The topological polar surface area (TPSA) is 68.5 Å². The van der Waals surface area contributed by atoms with Gasteiger partial charge in [0.2, 0.25) is 0 Å². The van der Waals surface area contributed by atoms with Gasteiger partial charge in [-0.2, -0.15) is 13.2 Å². The molecule has 1 N–H and O–H groups in total. The van der Waals surface area contributed by atoms with Crippen LogP contribution in [0.5, 0.6) is 5.75 Å². The van der Waals surface area contributed by atoms with E-state index < -0.39 is 17.4 Å². The molecule has 3 rings (SSSR count). The highest BCUT2D eigenvalue weighted by Crippen LogP contribution is 2.34. The Bertz CT molecular complexity index is 1050. The van der Waals surface area contributed by atoms with Crippen molar-refractivity contribution in [1.29, 1.82) is 0 Å². The average molecular weight is 405 g/mol. The highest BCUT2D eigenvalue weighted by atomic mass is 19.4. The Morgan fingerprint density at radius 3 is 2.55 bits per heavy atom. The lowest BCUT2D eigenvalue weighted by Gasteiger charge is -2.11. The molecule has 152 valence electrons. The first-order valence-electron chi connectivity index (χ1n) is 8.91. The molecule has 0 fully saturated rings. The number of ether oxygens (including phenoxy) is 1. The molecular weight excluding hydrogens is 387 g/mol. The molecule has 0 saturated carbocycles. The highest BCUT2D eigenvalue weighted by Gasteiger charge is 2.33. The molecule has 1 amide bonds. The summed E-state index contributed by atoms with van der Waals surface area (Å²) in [5, 5.41) is 2.46. The Morgan fingerprint density at radius 1 is 1.07 bits per heavy atom. The smallest absolute Gasteiger partial charge is 0.417 e. The predicted octanol–water partition coefficient (Wildman–Crippen LogP) is 3.94. The van der Waals surface area contributed by atoms with Crippen molar-refractivity contribution in [3.63, 3.8) is 0 Å². The van der Waals surface area contributed by atoms with Crippen LogP contribution >= 0.6 is 0 Å². The molecule has 0 radical (unpaired) electrons. The van der Waals surface area contributed by atoms with Gasteiger partial charge in [-0.25, -0.2) is 4.79 Å². The van der Waals surface area contributed by atoms with Gasteiger partial charge in [0.25, 0.3) is 5.91 Å². The van der Waals surface area contributed by atoms with E-state index in [0.717, 1.165) is 25.0 Å². The van der Waals surface area contributed by atoms with Crippen LogP contribution in [0, 0.1) is 0 Å². The van der Waals surface area contributed by atoms with Crippen molar-refractivity contribution in [3.05, 3.63) is 76.1 Å². The number of carbonyl (C=O) groups excluding carboxylic acids is 1. The summed E-state index contributed by atoms with van der Waals surface area (Å²) < 4.78 is 49.3. The number of carbonyl (C=O) groups is 1. The third kappa shape index (κ3) is 5.60. The molecule has 0 atom stereocenters. The second-order valence-electron chi connectivity index (χ2n) is 6.36. The fraction of sp³-hybridized carbons (Fsp3) is 0.238. The largest absolute Gasteiger partial charge is 0.484 e. The zero-order valence-corrected chi connectivity index (χ0v) is 15.3. The molecule has 3 aromatic rings. The van der Waals surface area contributed by atoms with E-state index in [1.807, 2.05) is 30.3 Å². The summed E-state index contributed by atoms with van der Waals surface area (Å²) in [6.45, 7) is 0.165. The van der Waals surface area contributed by atoms with Crippen molar-refractivity contribution >= 4 is 16.9 Å². The van der Waals surface area contributed by atoms with Gasteiger partial charge in [-0.3, -0.25) is 4.79 Å². The van der Waals surface area contributed by atoms with Gasteiger partial charge in [-0.15, -0.1) is 0 Å². The standard InChI is InChI=1S/C21H18F3NO4/c22-21(23,24)17-12-20(27)29-18-11-15(8-9-16(17)18)28-13-19(26)25-10-4-7-14-5-2-1-3-6-14/h1-3,5-6,8-9,11-12H,4,7,10,13H2,(H,25,26). The number of halogens is 3. The minimum Gasteiger partial charge on any atom is -0.484 e. The number of aryl methyl sites for hydroxylation is 1. The summed E-state index contributed by atoms with van der Waals surface area (Å²) in [5.74, 6) is -0.233. The van der Waals surface area contributed by atoms with Crippen LogP contribution in [0.2, 0.25) is 0 Å². The number of alkyl halides is 3. The number of rotatable bonds is 7. The van der Waals surface area contributed by atoms with Crippen molar-refractivity contribution in [2.75, 3.05) is 13.2 Å². The first-order valence-corrected chi connectivity index (χ1v) is 8.91. The first-order chi connectivity index (χ1) is 13.8. The maximum absolute atomic E-state index is 13.0. The molecule has 5 nitrogen and oxygen atoms in total. The van der Waals surface area contributed by atoms with E-state index in [-0.39, 0.29) is 29.2 Å². The molecule has 0 bridgehead atoms. The van der Waals surface area contributed by atoms with E-state index in [0.29, 0.717) is 12.6 Å². The Labute approximate surface area is 164 Å². The molecule has 1 heterocycles. The number of benzene rings is 2. The minimum absolute atomic E-state index is 0.124. The van der Waals surface area contributed by atoms with Crippen molar-refractivity contribution < 1.29 is 27.1 Å². The predicted molar refractivity (Wildman–Crippen MR) is 101 cm³/mol. The van der Waals surface area contributed by atoms with Crippen LogP contribution < -0.4 is 15.7 Å². The van der Waals surface area contributed by atoms with Gasteiger partial charge in [0.05, 0.1) is 5.56 Å². The Hall–Kier alpha value is -3.29. The normalized spacial score (nSPS) is 11.4. The maximum atomic E-state index is 13.0. The molecule has 8 heteroatoms. The van der Waals surface area contributed by atoms with Gasteiger partial charge < -0.3 is 14.5 Å². The van der Waals surface area contributed by atoms with E-state index >= 15 is 0 Å². The third-order valence-corrected chi connectivity index (χ3v) is 4.20. The van der Waals surface area contributed by atoms with Gasteiger partial charge in [0.1, 0.15) is 11.3 Å². The number of hydrogen-bond donors (Lipinski definition) is 1. The van der Waals surface area contributed by atoms with Gasteiger partial charge in [0.15, 0.2) is 6.61 Å². The van der Waals surface area contributed by atoms with Gasteiger partial charge in [-0.05, 0) is 30.5 Å². The van der Waals surface area contributed by atoms with Crippen LogP contribution in [0.4, 0.5) is 13.2 Å². The summed E-state index contributed by atoms with van der Waals surface area (Å²) in [6.07, 6.45) is -3.10. The SMILES string of the molecule is O=C(COc1ccc2c(C(F)(F)F)cc(=O)oc2c1)NCCCc1ccccc1. The monoisotopic (exact) mass is 405 g/mol. The van der Waals surface area contributed by atoms with Crippen molar-refractivity contribution in [3.8, 4) is 5.75 Å². The molecule has 1 aromatic heterocycles. The van der Waals surface area contributed by atoms with E-state index in [4.69, 9.17) is 9.15 Å². The van der Waals surface area contributed by atoms with Gasteiger partial charge in [-0.1, -0.05) is 30.3 Å². The Kier molecular flexibility index (Phi) is 6.21. The molecule has 0 spiro atoms. The Morgan fingerprint density at radius 2 is 1.83 bits per heavy atom. The summed E-state index contributed by atoms with van der Waals surface area (Å²) in [7, 11) is 0. The Balaban J connectivity index is 1.55. The molecule has 2 aromatic carbocycles. The van der Waals surface area contributed by atoms with Gasteiger partial charge in [0, 0.05) is 24.1 Å². The van der Waals surface area contributed by atoms with Crippen molar-refractivity contribution in [1.82, 2.24) is 5.32 Å². The highest BCUT2D eigenvalue weighted by molar-refractivity contribution is 5.82. The zero-order chi connectivity index (χ0) is 20.9. The lowest BCUT2D eigenvalue weighted by molar-refractivity contribution is -0.136. The summed E-state index contributed by atoms with van der Waals surface area (Å²) in [6, 6.07) is 13.9. The second-order valence-corrected chi connectivity index (χ2v) is 6.36. The molecule has 0 unspecified atom stereocenters. The van der Waals surface area contributed by atoms with E-state index in [1.165, 1.54) is 11.6 Å². The third-order valence-electron chi connectivity index (χ3n) is 4.20. The average Bonchev–Trinajstić information content (AvgIpc) is 2.69. The fourth-order valence-electron chi connectivity index (χ4n) is 2.83. The summed E-state index contributed by atoms with van der Waals surface area (Å²) in [4.78, 5) is 23.3. The number of hydrogen-bond acceptors (Lipinski definition) is 4. The number of nitrogens with one attached hydrogen (secondary N) is 1. The van der Waals surface area contributed by atoms with Crippen LogP contribution in [0.15, 0.2) is 63.8 Å². The van der Waals surface area contributed by atoms with Crippen LogP contribution in [0.25, 0.3) is 11.0 Å². The second kappa shape index (κ2) is 8.81. The quantitative estimate of drug-likeness (QED) is 0.478.